The van der Waals surface area contributed by atoms with E-state index in [9.17, 15) is 4.79 Å². The van der Waals surface area contributed by atoms with Crippen molar-refractivity contribution in [2.45, 2.75) is 25.9 Å². The van der Waals surface area contributed by atoms with Crippen LogP contribution in [-0.4, -0.2) is 33.3 Å². The lowest BCUT2D eigenvalue weighted by Crippen LogP contribution is -2.39. The molecule has 2 heterocycles. The highest BCUT2D eigenvalue weighted by atomic mass is 16.1. The number of carbonyl (C=O) groups excluding carboxylic acids is 1. The highest BCUT2D eigenvalue weighted by Gasteiger charge is 2.14. The van der Waals surface area contributed by atoms with Gasteiger partial charge in [-0.25, -0.2) is 0 Å². The largest absolute Gasteiger partial charge is 0.324 e. The van der Waals surface area contributed by atoms with Crippen molar-refractivity contribution in [3.8, 4) is 0 Å². The third-order valence-corrected chi connectivity index (χ3v) is 3.20. The lowest BCUT2D eigenvalue weighted by atomic mass is 10.2. The van der Waals surface area contributed by atoms with Crippen molar-refractivity contribution in [1.82, 2.24) is 20.1 Å². The Bertz CT molecular complexity index is 526. The van der Waals surface area contributed by atoms with Gasteiger partial charge in [0.1, 0.15) is 0 Å². The number of hydrogen-bond acceptors (Lipinski definition) is 4. The topological polar surface area (TPSA) is 71.8 Å². The molecule has 0 unspecified atom stereocenters. The van der Waals surface area contributed by atoms with Crippen molar-refractivity contribution in [2.24, 2.45) is 0 Å². The zero-order chi connectivity index (χ0) is 14.4. The van der Waals surface area contributed by atoms with Crippen LogP contribution in [0.3, 0.4) is 0 Å². The van der Waals surface area contributed by atoms with Crippen LogP contribution in [0.15, 0.2) is 43.0 Å². The van der Waals surface area contributed by atoms with E-state index in [1.54, 1.807) is 30.7 Å². The van der Waals surface area contributed by atoms with E-state index in [1.807, 2.05) is 23.9 Å². The average molecular weight is 273 g/mol. The number of pyridine rings is 1. The molecule has 2 rings (SSSR count). The summed E-state index contributed by atoms with van der Waals surface area (Å²) in [6.07, 6.45) is 6.95. The molecule has 6 heteroatoms. The molecular weight excluding hydrogens is 254 g/mol. The first kappa shape index (κ1) is 14.2. The number of rotatable bonds is 6. The van der Waals surface area contributed by atoms with Gasteiger partial charge in [0.25, 0.3) is 0 Å². The van der Waals surface area contributed by atoms with Crippen LogP contribution in [0.1, 0.15) is 19.9 Å². The van der Waals surface area contributed by atoms with Crippen molar-refractivity contribution in [3.05, 3.63) is 43.0 Å². The molecule has 0 aliphatic heterocycles. The van der Waals surface area contributed by atoms with Crippen LogP contribution in [0.25, 0.3) is 0 Å². The van der Waals surface area contributed by atoms with Gasteiger partial charge in [-0.3, -0.25) is 14.5 Å². The molecule has 0 fully saturated rings. The molecule has 2 atom stereocenters. The smallest absolute Gasteiger partial charge is 0.238 e. The minimum Gasteiger partial charge on any atom is -0.324 e. The van der Waals surface area contributed by atoms with Crippen LogP contribution < -0.4 is 10.6 Å². The molecule has 6 nitrogen and oxygen atoms in total. The number of nitrogens with zero attached hydrogens (tertiary/aromatic N) is 3. The highest BCUT2D eigenvalue weighted by molar-refractivity contribution is 5.92. The van der Waals surface area contributed by atoms with Gasteiger partial charge in [-0.2, -0.15) is 5.10 Å². The van der Waals surface area contributed by atoms with Gasteiger partial charge in [-0.1, -0.05) is 0 Å². The normalized spacial score (nSPS) is 13.7. The van der Waals surface area contributed by atoms with Crippen molar-refractivity contribution in [2.75, 3.05) is 11.9 Å². The Balaban J connectivity index is 1.78. The Morgan fingerprint density at radius 2 is 2.20 bits per heavy atom. The molecule has 0 saturated carbocycles. The first-order valence-electron chi connectivity index (χ1n) is 6.59. The van der Waals surface area contributed by atoms with E-state index in [2.05, 4.69) is 27.6 Å². The molecule has 2 aromatic rings. The maximum Gasteiger partial charge on any atom is 0.238 e. The van der Waals surface area contributed by atoms with E-state index in [4.69, 9.17) is 0 Å². The van der Waals surface area contributed by atoms with Crippen molar-refractivity contribution < 1.29 is 4.79 Å². The van der Waals surface area contributed by atoms with Gasteiger partial charge in [-0.15, -0.1) is 0 Å². The number of anilines is 1. The first-order valence-corrected chi connectivity index (χ1v) is 6.59. The highest BCUT2D eigenvalue weighted by Crippen LogP contribution is 2.08. The number of hydrogen-bond donors (Lipinski definition) is 2. The van der Waals surface area contributed by atoms with Crippen LogP contribution in [-0.2, 0) is 4.79 Å². The second-order valence-electron chi connectivity index (χ2n) is 4.69. The summed E-state index contributed by atoms with van der Waals surface area (Å²) < 4.78 is 1.87. The fraction of sp³-hybridized carbons (Fsp3) is 0.357. The Morgan fingerprint density at radius 3 is 2.85 bits per heavy atom. The molecule has 1 amide bonds. The fourth-order valence-corrected chi connectivity index (χ4v) is 1.82. The van der Waals surface area contributed by atoms with Crippen LogP contribution in [0.4, 0.5) is 5.69 Å². The second-order valence-corrected chi connectivity index (χ2v) is 4.69. The van der Waals surface area contributed by atoms with Crippen molar-refractivity contribution in [3.63, 3.8) is 0 Å². The molecule has 0 saturated heterocycles. The third kappa shape index (κ3) is 3.89. The lowest BCUT2D eigenvalue weighted by molar-refractivity contribution is -0.115. The molecule has 0 bridgehead atoms. The quantitative estimate of drug-likeness (QED) is 0.835. The van der Waals surface area contributed by atoms with Gasteiger partial charge >= 0.3 is 0 Å². The fourth-order valence-electron chi connectivity index (χ4n) is 1.82. The molecule has 0 radical (unpaired) electrons. The van der Waals surface area contributed by atoms with E-state index in [-0.39, 0.29) is 24.5 Å². The van der Waals surface area contributed by atoms with Gasteiger partial charge in [0.2, 0.25) is 5.91 Å². The summed E-state index contributed by atoms with van der Waals surface area (Å²) in [7, 11) is 0. The molecular formula is C14H19N5O. The summed E-state index contributed by atoms with van der Waals surface area (Å²) in [5, 5.41) is 10.2. The predicted octanol–water partition coefficient (Wildman–Crippen LogP) is 1.46. The summed E-state index contributed by atoms with van der Waals surface area (Å²) in [5.41, 5.74) is 0.701. The van der Waals surface area contributed by atoms with Crippen LogP contribution in [0.2, 0.25) is 0 Å². The van der Waals surface area contributed by atoms with Crippen LogP contribution in [0, 0.1) is 0 Å². The second kappa shape index (κ2) is 6.81. The molecule has 2 N–H and O–H groups in total. The van der Waals surface area contributed by atoms with E-state index in [0.29, 0.717) is 5.69 Å². The summed E-state index contributed by atoms with van der Waals surface area (Å²) in [6, 6.07) is 5.79. The summed E-state index contributed by atoms with van der Waals surface area (Å²) >= 11 is 0. The van der Waals surface area contributed by atoms with Crippen molar-refractivity contribution in [1.29, 1.82) is 0 Å². The van der Waals surface area contributed by atoms with Gasteiger partial charge < -0.3 is 10.6 Å². The Kier molecular flexibility index (Phi) is 4.84. The molecule has 2 aromatic heterocycles. The van der Waals surface area contributed by atoms with E-state index >= 15 is 0 Å². The first-order chi connectivity index (χ1) is 9.66. The van der Waals surface area contributed by atoms with Gasteiger partial charge in [0.05, 0.1) is 24.5 Å². The van der Waals surface area contributed by atoms with E-state index in [0.717, 1.165) is 0 Å². The van der Waals surface area contributed by atoms with Gasteiger partial charge in [0.15, 0.2) is 0 Å². The number of aromatic nitrogens is 3. The summed E-state index contributed by atoms with van der Waals surface area (Å²) in [4.78, 5) is 15.8. The molecule has 20 heavy (non-hydrogen) atoms. The zero-order valence-corrected chi connectivity index (χ0v) is 11.7. The third-order valence-electron chi connectivity index (χ3n) is 3.20. The zero-order valence-electron chi connectivity index (χ0n) is 11.7. The Labute approximate surface area is 118 Å². The maximum atomic E-state index is 11.8. The summed E-state index contributed by atoms with van der Waals surface area (Å²) in [6.45, 7) is 4.34. The molecule has 0 aliphatic carbocycles. The summed E-state index contributed by atoms with van der Waals surface area (Å²) in [5.74, 6) is -0.0856. The monoisotopic (exact) mass is 273 g/mol. The molecule has 0 aliphatic rings. The Morgan fingerprint density at radius 1 is 1.35 bits per heavy atom. The van der Waals surface area contributed by atoms with Crippen LogP contribution >= 0.6 is 0 Å². The molecule has 106 valence electrons. The Hall–Kier alpha value is -2.21. The van der Waals surface area contributed by atoms with Crippen molar-refractivity contribution >= 4 is 11.6 Å². The van der Waals surface area contributed by atoms with E-state index < -0.39 is 0 Å². The maximum absolute atomic E-state index is 11.8. The molecule has 0 aromatic carbocycles. The lowest BCUT2D eigenvalue weighted by Gasteiger charge is -2.21. The van der Waals surface area contributed by atoms with Crippen LogP contribution in [0.5, 0.6) is 0 Å². The number of carbonyl (C=O) groups is 1. The molecule has 0 spiro atoms. The minimum atomic E-state index is -0.0856. The standard InChI is InChI=1S/C14H19N5O/c1-11(12(2)19-8-4-7-17-19)16-10-14(20)18-13-5-3-6-15-9-13/h3-9,11-12,16H,10H2,1-2H3,(H,18,20)/t11-,12+/m1/s1. The van der Waals surface area contributed by atoms with E-state index in [1.165, 1.54) is 0 Å². The van der Waals surface area contributed by atoms with Gasteiger partial charge in [-0.05, 0) is 32.0 Å². The van der Waals surface area contributed by atoms with Gasteiger partial charge in [0, 0.05) is 24.6 Å². The predicted molar refractivity (Wildman–Crippen MR) is 77.3 cm³/mol. The SMILES string of the molecule is C[C@@H](NCC(=O)Nc1cccnc1)[C@H](C)n1cccn1. The number of amides is 1. The number of nitrogens with one attached hydrogen (secondary N) is 2. The minimum absolute atomic E-state index is 0.0856. The average Bonchev–Trinajstić information content (AvgIpc) is 2.99.